The van der Waals surface area contributed by atoms with Gasteiger partial charge in [-0.25, -0.2) is 4.98 Å². The molecule has 0 atom stereocenters. The van der Waals surface area contributed by atoms with E-state index in [2.05, 4.69) is 50.1 Å². The van der Waals surface area contributed by atoms with Gasteiger partial charge < -0.3 is 15.2 Å². The van der Waals surface area contributed by atoms with Crippen LogP contribution in [0.1, 0.15) is 47.3 Å². The number of primary amides is 1. The zero-order chi connectivity index (χ0) is 22.7. The maximum absolute atomic E-state index is 13.2. The molecular weight excluding hydrogens is 462 g/mol. The molecule has 0 fully saturated rings. The number of carbonyl (C=O) groups excluding carboxylic acids is 2. The van der Waals surface area contributed by atoms with Crippen LogP contribution in [0.25, 0.3) is 11.0 Å². The van der Waals surface area contributed by atoms with Crippen molar-refractivity contribution in [2.24, 2.45) is 11.1 Å². The summed E-state index contributed by atoms with van der Waals surface area (Å²) in [6.45, 7) is 10.1. The minimum atomic E-state index is -0.513. The summed E-state index contributed by atoms with van der Waals surface area (Å²) in [5.41, 5.74) is 9.38. The highest BCUT2D eigenvalue weighted by Gasteiger charge is 2.31. The molecule has 0 saturated carbocycles. The molecule has 3 heterocycles. The Labute approximate surface area is 188 Å². The number of amides is 2. The number of aryl methyl sites for hydroxylation is 2. The molecule has 0 unspecified atom stereocenters. The van der Waals surface area contributed by atoms with Crippen LogP contribution in [-0.2, 0) is 13.1 Å². The first-order chi connectivity index (χ1) is 14.5. The predicted octanol–water partition coefficient (Wildman–Crippen LogP) is 3.15. The average molecular weight is 488 g/mol. The maximum atomic E-state index is 13.2. The van der Waals surface area contributed by atoms with Crippen LogP contribution in [0.15, 0.2) is 16.6 Å². The van der Waals surface area contributed by atoms with Crippen LogP contribution in [0.3, 0.4) is 0 Å². The van der Waals surface area contributed by atoms with Crippen molar-refractivity contribution in [1.82, 2.24) is 19.3 Å². The van der Waals surface area contributed by atoms with Gasteiger partial charge in [0.25, 0.3) is 5.91 Å². The molecule has 0 saturated heterocycles. The second-order valence-electron chi connectivity index (χ2n) is 8.79. The third-order valence-electron chi connectivity index (χ3n) is 5.56. The van der Waals surface area contributed by atoms with Crippen molar-refractivity contribution in [3.8, 4) is 0 Å². The van der Waals surface area contributed by atoms with Gasteiger partial charge >= 0.3 is 0 Å². The quantitative estimate of drug-likeness (QED) is 0.586. The summed E-state index contributed by atoms with van der Waals surface area (Å²) in [5, 5.41) is 7.38. The number of anilines is 2. The van der Waals surface area contributed by atoms with E-state index in [0.717, 1.165) is 23.4 Å². The molecule has 1 aliphatic rings. The van der Waals surface area contributed by atoms with Crippen molar-refractivity contribution < 1.29 is 9.59 Å². The molecule has 3 N–H and O–H groups in total. The first-order valence-corrected chi connectivity index (χ1v) is 10.9. The lowest BCUT2D eigenvalue weighted by Gasteiger charge is -2.29. The fourth-order valence-corrected chi connectivity index (χ4v) is 4.76. The highest BCUT2D eigenvalue weighted by Crippen LogP contribution is 2.38. The molecule has 0 spiro atoms. The smallest absolute Gasteiger partial charge is 0.277 e. The maximum Gasteiger partial charge on any atom is 0.277 e. The van der Waals surface area contributed by atoms with Crippen molar-refractivity contribution in [3.63, 3.8) is 0 Å². The Hall–Kier alpha value is -2.88. The van der Waals surface area contributed by atoms with Gasteiger partial charge in [-0.15, -0.1) is 0 Å². The summed E-state index contributed by atoms with van der Waals surface area (Å²) in [4.78, 5) is 31.9. The Morgan fingerprint density at radius 3 is 2.65 bits per heavy atom. The third-order valence-corrected chi connectivity index (χ3v) is 6.51. The van der Waals surface area contributed by atoms with Crippen molar-refractivity contribution in [1.29, 1.82) is 0 Å². The molecule has 9 nitrogen and oxygen atoms in total. The Morgan fingerprint density at radius 1 is 1.29 bits per heavy atom. The van der Waals surface area contributed by atoms with Gasteiger partial charge in [-0.2, -0.15) is 5.10 Å². The lowest BCUT2D eigenvalue weighted by atomic mass is 9.93. The van der Waals surface area contributed by atoms with E-state index in [9.17, 15) is 9.59 Å². The van der Waals surface area contributed by atoms with Crippen LogP contribution < -0.4 is 16.0 Å². The molecule has 0 aliphatic carbocycles. The summed E-state index contributed by atoms with van der Waals surface area (Å²) < 4.78 is 4.34. The Balaban J connectivity index is 1.88. The van der Waals surface area contributed by atoms with Crippen LogP contribution >= 0.6 is 15.9 Å². The minimum absolute atomic E-state index is 0.101. The molecule has 31 heavy (non-hydrogen) atoms. The van der Waals surface area contributed by atoms with Crippen LogP contribution in [0.5, 0.6) is 0 Å². The van der Waals surface area contributed by atoms with Gasteiger partial charge in [0.2, 0.25) is 11.9 Å². The largest absolute Gasteiger partial charge is 0.372 e. The summed E-state index contributed by atoms with van der Waals surface area (Å²) in [6, 6.07) is 3.47. The lowest BCUT2D eigenvalue weighted by molar-refractivity contribution is 0.0995. The lowest BCUT2D eigenvalue weighted by Crippen LogP contribution is -2.32. The molecular formula is C21H26BrN7O2. The fourth-order valence-electron chi connectivity index (χ4n) is 4.30. The molecule has 0 bridgehead atoms. The van der Waals surface area contributed by atoms with E-state index < -0.39 is 5.91 Å². The first-order valence-electron chi connectivity index (χ1n) is 10.1. The van der Waals surface area contributed by atoms with E-state index >= 15 is 0 Å². The Kier molecular flexibility index (Phi) is 5.07. The number of nitrogens with zero attached hydrogens (tertiary/aromatic N) is 5. The number of hydrogen-bond donors (Lipinski definition) is 2. The summed E-state index contributed by atoms with van der Waals surface area (Å²) in [7, 11) is 1.99. The van der Waals surface area contributed by atoms with Crippen molar-refractivity contribution in [3.05, 3.63) is 33.6 Å². The Bertz CT molecular complexity index is 1220. The predicted molar refractivity (Wildman–Crippen MR) is 124 cm³/mol. The monoisotopic (exact) mass is 487 g/mol. The van der Waals surface area contributed by atoms with Gasteiger partial charge in [0, 0.05) is 37.7 Å². The van der Waals surface area contributed by atoms with Crippen LogP contribution in [0, 0.1) is 12.3 Å². The molecule has 2 aromatic heterocycles. The number of nitrogens with one attached hydrogen (secondary N) is 1. The van der Waals surface area contributed by atoms with Crippen molar-refractivity contribution in [2.45, 2.75) is 40.8 Å². The molecule has 1 aromatic carbocycles. The average Bonchev–Trinajstić information content (AvgIpc) is 3.12. The van der Waals surface area contributed by atoms with E-state index in [-0.39, 0.29) is 11.3 Å². The number of halogens is 1. The van der Waals surface area contributed by atoms with E-state index in [1.807, 2.05) is 25.5 Å². The van der Waals surface area contributed by atoms with Gasteiger partial charge in [0.05, 0.1) is 26.9 Å². The van der Waals surface area contributed by atoms with Gasteiger partial charge in [0.1, 0.15) is 5.69 Å². The zero-order valence-electron chi connectivity index (χ0n) is 18.3. The van der Waals surface area contributed by atoms with E-state index in [1.54, 1.807) is 16.8 Å². The van der Waals surface area contributed by atoms with E-state index in [1.165, 1.54) is 0 Å². The molecule has 10 heteroatoms. The molecule has 4 rings (SSSR count). The molecule has 2 amide bonds. The normalized spacial score (nSPS) is 15.2. The highest BCUT2D eigenvalue weighted by molar-refractivity contribution is 9.10. The third kappa shape index (κ3) is 3.58. The van der Waals surface area contributed by atoms with Crippen LogP contribution in [0.2, 0.25) is 0 Å². The van der Waals surface area contributed by atoms with Crippen LogP contribution in [-0.4, -0.2) is 44.7 Å². The molecule has 3 aromatic rings. The van der Waals surface area contributed by atoms with Crippen molar-refractivity contribution in [2.75, 3.05) is 23.8 Å². The fraction of sp³-hybridized carbons (Fsp3) is 0.429. The zero-order valence-corrected chi connectivity index (χ0v) is 19.9. The summed E-state index contributed by atoms with van der Waals surface area (Å²) >= 11 is 3.48. The number of nitrogens with two attached hydrogens (primary N) is 1. The minimum Gasteiger partial charge on any atom is -0.372 e. The summed E-state index contributed by atoms with van der Waals surface area (Å²) in [5.74, 6) is -0.380. The van der Waals surface area contributed by atoms with E-state index in [0.29, 0.717) is 40.3 Å². The highest BCUT2D eigenvalue weighted by atomic mass is 79.9. The van der Waals surface area contributed by atoms with Gasteiger partial charge in [-0.05, 0) is 41.9 Å². The van der Waals surface area contributed by atoms with Gasteiger partial charge in [-0.1, -0.05) is 13.8 Å². The molecule has 164 valence electrons. The standard InChI is InChI=1S/C21H26BrN7O2/c1-6-29-17(15(22)11(2)26-29)19(31)25-20-24-13-7-12(18(23)30)8-14-16(13)28(20)10-21(3,4)9-27(14)5/h7-8H,6,9-10H2,1-5H3,(H2,23,30)(H,24,25,31). The number of carbonyl (C=O) groups is 2. The first kappa shape index (κ1) is 21.4. The second-order valence-corrected chi connectivity index (χ2v) is 9.58. The topological polar surface area (TPSA) is 111 Å². The van der Waals surface area contributed by atoms with Gasteiger partial charge in [0.15, 0.2) is 0 Å². The number of hydrogen-bond acceptors (Lipinski definition) is 5. The van der Waals surface area contributed by atoms with Crippen molar-refractivity contribution >= 4 is 50.4 Å². The number of rotatable bonds is 4. The number of imidazole rings is 1. The number of aromatic nitrogens is 4. The summed E-state index contributed by atoms with van der Waals surface area (Å²) in [6.07, 6.45) is 0. The SMILES string of the molecule is CCn1nc(C)c(Br)c1C(=O)Nc1nc2cc(C(N)=O)cc3c2n1CC(C)(C)CN3C. The second kappa shape index (κ2) is 7.37. The Morgan fingerprint density at radius 2 is 2.00 bits per heavy atom. The van der Waals surface area contributed by atoms with E-state index in [4.69, 9.17) is 5.73 Å². The van der Waals surface area contributed by atoms with Crippen LogP contribution in [0.4, 0.5) is 11.6 Å². The molecule has 1 aliphatic heterocycles. The van der Waals surface area contributed by atoms with Gasteiger partial charge in [-0.3, -0.25) is 19.6 Å². The number of benzene rings is 1. The molecule has 0 radical (unpaired) electrons.